The van der Waals surface area contributed by atoms with Crippen LogP contribution in [0.4, 0.5) is 0 Å². The van der Waals surface area contributed by atoms with Gasteiger partial charge in [-0.25, -0.2) is 0 Å². The first-order valence-corrected chi connectivity index (χ1v) is 5.71. The molecule has 0 rings (SSSR count). The molecule has 0 spiro atoms. The summed E-state index contributed by atoms with van der Waals surface area (Å²) in [6.07, 6.45) is 2.82. The Labute approximate surface area is 60.1 Å². The van der Waals surface area contributed by atoms with Crippen molar-refractivity contribution in [3.63, 3.8) is 0 Å². The van der Waals surface area contributed by atoms with Gasteiger partial charge in [0.1, 0.15) is 6.16 Å². The van der Waals surface area contributed by atoms with Gasteiger partial charge in [0.2, 0.25) is 0 Å². The van der Waals surface area contributed by atoms with Crippen molar-refractivity contribution in [2.45, 2.75) is 27.2 Å². The van der Waals surface area contributed by atoms with Gasteiger partial charge in [-0.1, -0.05) is 13.8 Å². The van der Waals surface area contributed by atoms with Crippen molar-refractivity contribution in [2.75, 3.05) is 12.8 Å². The summed E-state index contributed by atoms with van der Waals surface area (Å²) in [5.41, 5.74) is 0. The average Bonchev–Trinajstić information content (AvgIpc) is 1.83. The van der Waals surface area contributed by atoms with Gasteiger partial charge >= 0.3 is 0 Å². The molecule has 0 aliphatic heterocycles. The maximum absolute atomic E-state index is 2.34. The minimum absolute atomic E-state index is 0.264. The molecule has 1 heteroatoms. The standard InChI is InChI=1S/C8H18P/c1-5-9(4)7-6-8(2)3/h5,8H,6-7H2,1-4H3/q+1. The first-order valence-electron chi connectivity index (χ1n) is 3.66. The first-order chi connectivity index (χ1) is 4.16. The van der Waals surface area contributed by atoms with Crippen molar-refractivity contribution < 1.29 is 0 Å². The van der Waals surface area contributed by atoms with Gasteiger partial charge in [-0.15, -0.1) is 0 Å². The van der Waals surface area contributed by atoms with Gasteiger partial charge in [0.15, 0.2) is 0 Å². The zero-order chi connectivity index (χ0) is 7.28. The van der Waals surface area contributed by atoms with Gasteiger partial charge in [0, 0.05) is 0 Å². The minimum atomic E-state index is 0.264. The van der Waals surface area contributed by atoms with Crippen LogP contribution in [-0.4, -0.2) is 18.6 Å². The van der Waals surface area contributed by atoms with Gasteiger partial charge in [-0.3, -0.25) is 0 Å². The molecule has 0 fully saturated rings. The lowest BCUT2D eigenvalue weighted by molar-refractivity contribution is 0.631. The molecule has 0 N–H and O–H groups in total. The van der Waals surface area contributed by atoms with Crippen LogP contribution in [0.3, 0.4) is 0 Å². The molecule has 0 saturated carbocycles. The third-order valence-electron chi connectivity index (χ3n) is 1.50. The SMILES string of the molecule is CC=[P+](C)CCC(C)C. The Balaban J connectivity index is 3.28. The lowest BCUT2D eigenvalue weighted by atomic mass is 10.2. The van der Waals surface area contributed by atoms with E-state index in [-0.39, 0.29) is 7.55 Å². The molecule has 54 valence electrons. The summed E-state index contributed by atoms with van der Waals surface area (Å²) in [7, 11) is 0.264. The van der Waals surface area contributed by atoms with E-state index in [1.165, 1.54) is 12.6 Å². The van der Waals surface area contributed by atoms with Crippen LogP contribution < -0.4 is 0 Å². The minimum Gasteiger partial charge on any atom is -0.0626 e. The van der Waals surface area contributed by atoms with Crippen LogP contribution in [-0.2, 0) is 0 Å². The van der Waals surface area contributed by atoms with Crippen molar-refractivity contribution in [2.24, 2.45) is 5.92 Å². The fourth-order valence-electron chi connectivity index (χ4n) is 0.591. The van der Waals surface area contributed by atoms with Gasteiger partial charge in [-0.2, -0.15) is 0 Å². The van der Waals surface area contributed by atoms with Crippen molar-refractivity contribution in [3.8, 4) is 0 Å². The summed E-state index contributed by atoms with van der Waals surface area (Å²) in [5, 5.41) is 0. The summed E-state index contributed by atoms with van der Waals surface area (Å²) in [6, 6.07) is 0. The quantitative estimate of drug-likeness (QED) is 0.535. The Bertz CT molecular complexity index is 92.7. The van der Waals surface area contributed by atoms with Crippen molar-refractivity contribution in [1.82, 2.24) is 0 Å². The molecule has 0 amide bonds. The molecule has 9 heavy (non-hydrogen) atoms. The highest BCUT2D eigenvalue weighted by molar-refractivity contribution is 7.56. The summed E-state index contributed by atoms with van der Waals surface area (Å²) < 4.78 is 0. The fraction of sp³-hybridized carbons (Fsp3) is 0.875. The summed E-state index contributed by atoms with van der Waals surface area (Å²) in [5.74, 6) is 3.23. The Morgan fingerprint density at radius 2 is 2.00 bits per heavy atom. The molecule has 0 aromatic carbocycles. The maximum atomic E-state index is 2.34. The summed E-state index contributed by atoms with van der Waals surface area (Å²) in [6.45, 7) is 9.10. The Morgan fingerprint density at radius 3 is 2.33 bits per heavy atom. The zero-order valence-corrected chi connectivity index (χ0v) is 7.91. The van der Waals surface area contributed by atoms with Gasteiger partial charge < -0.3 is 0 Å². The lowest BCUT2D eigenvalue weighted by Crippen LogP contribution is -1.88. The number of hydrogen-bond acceptors (Lipinski definition) is 0. The van der Waals surface area contributed by atoms with E-state index in [1.54, 1.807) is 0 Å². The molecule has 0 aromatic heterocycles. The molecular weight excluding hydrogens is 127 g/mol. The molecule has 0 aliphatic rings. The normalized spacial score (nSPS) is 12.8. The smallest absolute Gasteiger partial charge is 0.0626 e. The van der Waals surface area contributed by atoms with E-state index in [4.69, 9.17) is 0 Å². The van der Waals surface area contributed by atoms with E-state index >= 15 is 0 Å². The van der Waals surface area contributed by atoms with Crippen molar-refractivity contribution in [3.05, 3.63) is 0 Å². The maximum Gasteiger partial charge on any atom is 0.106 e. The third-order valence-corrected chi connectivity index (χ3v) is 3.35. The van der Waals surface area contributed by atoms with Crippen LogP contribution in [0, 0.1) is 5.92 Å². The molecule has 0 bridgehead atoms. The molecule has 1 atom stereocenters. The number of hydrogen-bond donors (Lipinski definition) is 0. The summed E-state index contributed by atoms with van der Waals surface area (Å²) in [4.78, 5) is 0. The molecule has 0 nitrogen and oxygen atoms in total. The first kappa shape index (κ1) is 9.17. The molecule has 0 saturated heterocycles. The second kappa shape index (κ2) is 4.99. The highest BCUT2D eigenvalue weighted by Crippen LogP contribution is 2.18. The topological polar surface area (TPSA) is 0 Å². The molecular formula is C8H18P+. The predicted molar refractivity (Wildman–Crippen MR) is 48.9 cm³/mol. The molecule has 0 radical (unpaired) electrons. The Kier molecular flexibility index (Phi) is 5.09. The van der Waals surface area contributed by atoms with Crippen LogP contribution in [0.15, 0.2) is 0 Å². The molecule has 0 aromatic rings. The van der Waals surface area contributed by atoms with Crippen molar-refractivity contribution in [1.29, 1.82) is 0 Å². The van der Waals surface area contributed by atoms with Crippen molar-refractivity contribution >= 4 is 13.3 Å². The molecule has 1 unspecified atom stereocenters. The second-order valence-electron chi connectivity index (χ2n) is 2.92. The van der Waals surface area contributed by atoms with E-state index in [0.29, 0.717) is 0 Å². The van der Waals surface area contributed by atoms with E-state index in [1.807, 2.05) is 0 Å². The van der Waals surface area contributed by atoms with Crippen LogP contribution in [0.5, 0.6) is 0 Å². The Morgan fingerprint density at radius 1 is 1.44 bits per heavy atom. The lowest BCUT2D eigenvalue weighted by Gasteiger charge is -1.96. The van der Waals surface area contributed by atoms with Gasteiger partial charge in [0.25, 0.3) is 0 Å². The van der Waals surface area contributed by atoms with E-state index in [0.717, 1.165) is 5.92 Å². The molecule has 0 aliphatic carbocycles. The van der Waals surface area contributed by atoms with E-state index in [9.17, 15) is 0 Å². The highest BCUT2D eigenvalue weighted by Gasteiger charge is 2.00. The van der Waals surface area contributed by atoms with Gasteiger partial charge in [-0.05, 0) is 19.3 Å². The summed E-state index contributed by atoms with van der Waals surface area (Å²) >= 11 is 0. The van der Waals surface area contributed by atoms with E-state index in [2.05, 4.69) is 33.2 Å². The highest BCUT2D eigenvalue weighted by atomic mass is 31.1. The average molecular weight is 145 g/mol. The van der Waals surface area contributed by atoms with Crippen LogP contribution >= 0.6 is 7.55 Å². The van der Waals surface area contributed by atoms with E-state index < -0.39 is 0 Å². The van der Waals surface area contributed by atoms with Crippen LogP contribution in [0.25, 0.3) is 0 Å². The zero-order valence-electron chi connectivity index (χ0n) is 7.02. The van der Waals surface area contributed by atoms with Crippen LogP contribution in [0.2, 0.25) is 0 Å². The van der Waals surface area contributed by atoms with Crippen LogP contribution in [0.1, 0.15) is 27.2 Å². The fourth-order valence-corrected chi connectivity index (χ4v) is 1.77. The largest absolute Gasteiger partial charge is 0.106 e. The molecule has 0 heterocycles. The predicted octanol–water partition coefficient (Wildman–Crippen LogP) is 2.97. The monoisotopic (exact) mass is 145 g/mol. The van der Waals surface area contributed by atoms with Gasteiger partial charge in [0.05, 0.1) is 20.0 Å². The Hall–Kier alpha value is 0.170. The third kappa shape index (κ3) is 6.05. The number of rotatable bonds is 3. The second-order valence-corrected chi connectivity index (χ2v) is 5.40.